The first kappa shape index (κ1) is 11.4. The minimum absolute atomic E-state index is 0.197. The van der Waals surface area contributed by atoms with Crippen molar-refractivity contribution >= 4 is 0 Å². The third-order valence-electron chi connectivity index (χ3n) is 3.39. The highest BCUT2D eigenvalue weighted by Gasteiger charge is 2.30. The van der Waals surface area contributed by atoms with E-state index in [1.807, 2.05) is 6.07 Å². The lowest BCUT2D eigenvalue weighted by Gasteiger charge is -2.36. The van der Waals surface area contributed by atoms with Gasteiger partial charge in [-0.1, -0.05) is 42.5 Å². The molecular formula is C15H20O. The maximum Gasteiger partial charge on any atom is 0.0893 e. The van der Waals surface area contributed by atoms with Gasteiger partial charge in [0.15, 0.2) is 0 Å². The van der Waals surface area contributed by atoms with Crippen molar-refractivity contribution in [2.75, 3.05) is 0 Å². The second kappa shape index (κ2) is 4.84. The SMILES string of the molecule is C=C(C)C1CCC(C)OC1c1ccccc1. The average Bonchev–Trinajstić information content (AvgIpc) is 2.29. The van der Waals surface area contributed by atoms with Gasteiger partial charge in [-0.3, -0.25) is 0 Å². The van der Waals surface area contributed by atoms with Crippen molar-refractivity contribution in [2.24, 2.45) is 5.92 Å². The van der Waals surface area contributed by atoms with Gasteiger partial charge in [-0.25, -0.2) is 0 Å². The van der Waals surface area contributed by atoms with E-state index in [9.17, 15) is 0 Å². The van der Waals surface area contributed by atoms with Crippen LogP contribution in [0.3, 0.4) is 0 Å². The normalized spacial score (nSPS) is 30.0. The Morgan fingerprint density at radius 1 is 1.25 bits per heavy atom. The third-order valence-corrected chi connectivity index (χ3v) is 3.39. The third kappa shape index (κ3) is 2.35. The smallest absolute Gasteiger partial charge is 0.0893 e. The van der Waals surface area contributed by atoms with Crippen LogP contribution in [0.5, 0.6) is 0 Å². The van der Waals surface area contributed by atoms with Gasteiger partial charge in [-0.15, -0.1) is 0 Å². The fourth-order valence-electron chi connectivity index (χ4n) is 2.44. The van der Waals surface area contributed by atoms with Crippen molar-refractivity contribution in [2.45, 2.75) is 38.9 Å². The molecule has 0 amide bonds. The van der Waals surface area contributed by atoms with Crippen LogP contribution in [0.4, 0.5) is 0 Å². The van der Waals surface area contributed by atoms with Crippen molar-refractivity contribution in [1.29, 1.82) is 0 Å². The Bertz CT molecular complexity index is 355. The molecule has 0 bridgehead atoms. The molecule has 1 heterocycles. The van der Waals surface area contributed by atoms with Crippen LogP contribution in [0.25, 0.3) is 0 Å². The van der Waals surface area contributed by atoms with E-state index in [1.165, 1.54) is 17.6 Å². The Morgan fingerprint density at radius 2 is 1.94 bits per heavy atom. The second-order valence-electron chi connectivity index (χ2n) is 4.81. The lowest BCUT2D eigenvalue weighted by atomic mass is 9.83. The van der Waals surface area contributed by atoms with Gasteiger partial charge in [0.1, 0.15) is 0 Å². The highest BCUT2D eigenvalue weighted by Crippen LogP contribution is 2.39. The molecular weight excluding hydrogens is 196 g/mol. The van der Waals surface area contributed by atoms with Crippen LogP contribution >= 0.6 is 0 Å². The largest absolute Gasteiger partial charge is 0.370 e. The van der Waals surface area contributed by atoms with Crippen LogP contribution in [0.2, 0.25) is 0 Å². The number of rotatable bonds is 2. The number of hydrogen-bond acceptors (Lipinski definition) is 1. The summed E-state index contributed by atoms with van der Waals surface area (Å²) in [4.78, 5) is 0. The Balaban J connectivity index is 2.24. The van der Waals surface area contributed by atoms with Gasteiger partial charge in [0.25, 0.3) is 0 Å². The minimum atomic E-state index is 0.197. The van der Waals surface area contributed by atoms with E-state index >= 15 is 0 Å². The first-order chi connectivity index (χ1) is 7.68. The van der Waals surface area contributed by atoms with Gasteiger partial charge in [0.05, 0.1) is 12.2 Å². The van der Waals surface area contributed by atoms with Crippen LogP contribution in [0.1, 0.15) is 38.4 Å². The molecule has 0 aliphatic carbocycles. The van der Waals surface area contributed by atoms with Crippen molar-refractivity contribution < 1.29 is 4.74 Å². The summed E-state index contributed by atoms with van der Waals surface area (Å²) in [7, 11) is 0. The van der Waals surface area contributed by atoms with Crippen LogP contribution in [-0.2, 0) is 4.74 Å². The molecule has 0 spiro atoms. The second-order valence-corrected chi connectivity index (χ2v) is 4.81. The molecule has 3 unspecified atom stereocenters. The van der Waals surface area contributed by atoms with E-state index in [0.29, 0.717) is 12.0 Å². The molecule has 3 atom stereocenters. The fourth-order valence-corrected chi connectivity index (χ4v) is 2.44. The molecule has 86 valence electrons. The summed E-state index contributed by atoms with van der Waals surface area (Å²) in [5, 5.41) is 0. The van der Waals surface area contributed by atoms with Gasteiger partial charge in [-0.05, 0) is 32.3 Å². The van der Waals surface area contributed by atoms with E-state index in [-0.39, 0.29) is 6.10 Å². The maximum atomic E-state index is 6.09. The molecule has 0 saturated carbocycles. The van der Waals surface area contributed by atoms with Crippen LogP contribution in [0.15, 0.2) is 42.5 Å². The molecule has 1 aromatic rings. The quantitative estimate of drug-likeness (QED) is 0.676. The van der Waals surface area contributed by atoms with E-state index in [4.69, 9.17) is 4.74 Å². The van der Waals surface area contributed by atoms with E-state index in [0.717, 1.165) is 6.42 Å². The van der Waals surface area contributed by atoms with Gasteiger partial charge in [-0.2, -0.15) is 0 Å². The zero-order valence-electron chi connectivity index (χ0n) is 10.1. The van der Waals surface area contributed by atoms with E-state index < -0.39 is 0 Å². The molecule has 1 nitrogen and oxygen atoms in total. The lowest BCUT2D eigenvalue weighted by molar-refractivity contribution is -0.0672. The van der Waals surface area contributed by atoms with Crippen LogP contribution in [0, 0.1) is 5.92 Å². The minimum Gasteiger partial charge on any atom is -0.370 e. The van der Waals surface area contributed by atoms with Crippen molar-refractivity contribution in [3.63, 3.8) is 0 Å². The molecule has 0 aromatic heterocycles. The molecule has 0 radical (unpaired) electrons. The summed E-state index contributed by atoms with van der Waals surface area (Å²) >= 11 is 0. The molecule has 1 aromatic carbocycles. The standard InChI is InChI=1S/C15H20O/c1-11(2)14-10-9-12(3)16-15(14)13-7-5-4-6-8-13/h4-8,12,14-15H,1,9-10H2,2-3H3. The predicted octanol–water partition coefficient (Wildman–Crippen LogP) is 4.12. The summed E-state index contributed by atoms with van der Waals surface area (Å²) in [6.07, 6.45) is 2.89. The topological polar surface area (TPSA) is 9.23 Å². The number of benzene rings is 1. The Labute approximate surface area is 98.1 Å². The average molecular weight is 216 g/mol. The molecule has 1 fully saturated rings. The molecule has 0 N–H and O–H groups in total. The first-order valence-corrected chi connectivity index (χ1v) is 6.04. The van der Waals surface area contributed by atoms with Gasteiger partial charge in [0.2, 0.25) is 0 Å². The fraction of sp³-hybridized carbons (Fsp3) is 0.467. The summed E-state index contributed by atoms with van der Waals surface area (Å²) in [6.45, 7) is 8.37. The lowest BCUT2D eigenvalue weighted by Crippen LogP contribution is -2.28. The number of ether oxygens (including phenoxy) is 1. The van der Waals surface area contributed by atoms with E-state index in [1.54, 1.807) is 0 Å². The zero-order chi connectivity index (χ0) is 11.5. The predicted molar refractivity (Wildman–Crippen MR) is 67.3 cm³/mol. The highest BCUT2D eigenvalue weighted by atomic mass is 16.5. The van der Waals surface area contributed by atoms with Crippen molar-refractivity contribution in [3.05, 3.63) is 48.0 Å². The summed E-state index contributed by atoms with van der Waals surface area (Å²) < 4.78 is 6.09. The van der Waals surface area contributed by atoms with E-state index in [2.05, 4.69) is 44.7 Å². The van der Waals surface area contributed by atoms with Crippen LogP contribution < -0.4 is 0 Å². The Morgan fingerprint density at radius 3 is 2.56 bits per heavy atom. The highest BCUT2D eigenvalue weighted by molar-refractivity contribution is 5.21. The Kier molecular flexibility index (Phi) is 3.45. The van der Waals surface area contributed by atoms with Gasteiger partial charge in [0, 0.05) is 5.92 Å². The molecule has 1 heteroatoms. The molecule has 1 aliphatic rings. The maximum absolute atomic E-state index is 6.09. The van der Waals surface area contributed by atoms with Crippen LogP contribution in [-0.4, -0.2) is 6.10 Å². The Hall–Kier alpha value is -1.08. The monoisotopic (exact) mass is 216 g/mol. The summed E-state index contributed by atoms with van der Waals surface area (Å²) in [5.41, 5.74) is 2.52. The molecule has 2 rings (SSSR count). The first-order valence-electron chi connectivity index (χ1n) is 6.04. The summed E-state index contributed by atoms with van der Waals surface area (Å²) in [5.74, 6) is 0.471. The molecule has 1 aliphatic heterocycles. The van der Waals surface area contributed by atoms with Crippen molar-refractivity contribution in [1.82, 2.24) is 0 Å². The zero-order valence-corrected chi connectivity index (χ0v) is 10.1. The molecule has 1 saturated heterocycles. The number of hydrogen-bond donors (Lipinski definition) is 0. The van der Waals surface area contributed by atoms with Gasteiger partial charge >= 0.3 is 0 Å². The summed E-state index contributed by atoms with van der Waals surface area (Å²) in [6, 6.07) is 10.5. The molecule has 16 heavy (non-hydrogen) atoms. The van der Waals surface area contributed by atoms with Crippen molar-refractivity contribution in [3.8, 4) is 0 Å². The van der Waals surface area contributed by atoms with Gasteiger partial charge < -0.3 is 4.74 Å².